The zero-order valence-corrected chi connectivity index (χ0v) is 15.0. The topological polar surface area (TPSA) is 24.1 Å². The van der Waals surface area contributed by atoms with E-state index >= 15 is 0 Å². The van der Waals surface area contributed by atoms with E-state index in [4.69, 9.17) is 0 Å². The molecule has 0 aromatic heterocycles. The Kier molecular flexibility index (Phi) is 7.07. The third-order valence-corrected chi connectivity index (χ3v) is 4.60. The van der Waals surface area contributed by atoms with Crippen molar-refractivity contribution < 1.29 is 0 Å². The Morgan fingerprint density at radius 1 is 0.875 bits per heavy atom. The molecule has 0 spiro atoms. The summed E-state index contributed by atoms with van der Waals surface area (Å²) in [5.41, 5.74) is 3.34. The van der Waals surface area contributed by atoms with Gasteiger partial charge in [0.05, 0.1) is 5.41 Å². The van der Waals surface area contributed by atoms with Crippen LogP contribution in [0.5, 0.6) is 0 Å². The predicted octanol–water partition coefficient (Wildman–Crippen LogP) is 4.49. The molecule has 0 bridgehead atoms. The van der Waals surface area contributed by atoms with Gasteiger partial charge in [-0.3, -0.25) is 0 Å². The maximum absolute atomic E-state index is 4.38. The molecule has 0 atom stereocenters. The second-order valence-corrected chi connectivity index (χ2v) is 6.37. The summed E-state index contributed by atoms with van der Waals surface area (Å²) < 4.78 is 0. The van der Waals surface area contributed by atoms with Gasteiger partial charge in [-0.2, -0.15) is 0 Å². The molecule has 24 heavy (non-hydrogen) atoms. The Hall–Kier alpha value is -2.06. The van der Waals surface area contributed by atoms with Gasteiger partial charge < -0.3 is 10.6 Å². The molecule has 0 radical (unpaired) electrons. The van der Waals surface area contributed by atoms with Crippen LogP contribution in [-0.4, -0.2) is 19.6 Å². The molecule has 0 saturated carbocycles. The molecule has 2 nitrogen and oxygen atoms in total. The van der Waals surface area contributed by atoms with E-state index in [1.807, 2.05) is 0 Å². The van der Waals surface area contributed by atoms with Crippen LogP contribution in [0.25, 0.3) is 0 Å². The van der Waals surface area contributed by atoms with Gasteiger partial charge in [0.25, 0.3) is 0 Å². The summed E-state index contributed by atoms with van der Waals surface area (Å²) in [6.07, 6.45) is 2.28. The molecule has 0 aliphatic heterocycles. The highest BCUT2D eigenvalue weighted by Crippen LogP contribution is 2.36. The van der Waals surface area contributed by atoms with Gasteiger partial charge in [0.1, 0.15) is 0 Å². The van der Waals surface area contributed by atoms with Crippen molar-refractivity contribution >= 4 is 0 Å². The van der Waals surface area contributed by atoms with E-state index in [1.54, 1.807) is 0 Å². The quantitative estimate of drug-likeness (QED) is 0.630. The van der Waals surface area contributed by atoms with Crippen molar-refractivity contribution in [1.82, 2.24) is 10.6 Å². The van der Waals surface area contributed by atoms with Gasteiger partial charge in [0.15, 0.2) is 0 Å². The molecule has 0 aliphatic carbocycles. The molecule has 0 unspecified atom stereocenters. The monoisotopic (exact) mass is 322 g/mol. The minimum atomic E-state index is -0.237. The number of allylic oxidation sites excluding steroid dienone is 1. The van der Waals surface area contributed by atoms with Crippen molar-refractivity contribution in [2.45, 2.75) is 32.1 Å². The first-order valence-corrected chi connectivity index (χ1v) is 8.94. The highest BCUT2D eigenvalue weighted by Gasteiger charge is 2.31. The summed E-state index contributed by atoms with van der Waals surface area (Å²) in [4.78, 5) is 0. The number of rotatable bonds is 10. The van der Waals surface area contributed by atoms with Gasteiger partial charge in [-0.25, -0.2) is 0 Å². The number of hydrogen-bond donors (Lipinski definition) is 2. The third kappa shape index (κ3) is 4.48. The van der Waals surface area contributed by atoms with Crippen molar-refractivity contribution in [2.75, 3.05) is 19.6 Å². The fraction of sp³-hybridized carbons (Fsp3) is 0.364. The highest BCUT2D eigenvalue weighted by atomic mass is 14.9. The Morgan fingerprint density at radius 3 is 1.92 bits per heavy atom. The van der Waals surface area contributed by atoms with Gasteiger partial charge in [-0.15, -0.1) is 0 Å². The Labute approximate surface area is 147 Å². The molecule has 2 rings (SSSR count). The number of nitrogens with one attached hydrogen (secondary N) is 2. The minimum Gasteiger partial charge on any atom is -0.388 e. The van der Waals surface area contributed by atoms with Gasteiger partial charge in [0.2, 0.25) is 0 Å². The highest BCUT2D eigenvalue weighted by molar-refractivity contribution is 5.46. The molecular formula is C22H30N2. The fourth-order valence-electron chi connectivity index (χ4n) is 2.99. The first kappa shape index (κ1) is 18.3. The molecule has 0 amide bonds. The first-order valence-electron chi connectivity index (χ1n) is 8.94. The predicted molar refractivity (Wildman–Crippen MR) is 104 cm³/mol. The lowest BCUT2D eigenvalue weighted by Crippen LogP contribution is -2.35. The maximum Gasteiger partial charge on any atom is 0.0564 e. The minimum absolute atomic E-state index is 0.237. The number of hydrogen-bond acceptors (Lipinski definition) is 2. The van der Waals surface area contributed by atoms with E-state index in [1.165, 1.54) is 17.5 Å². The molecule has 2 aromatic rings. The largest absolute Gasteiger partial charge is 0.388 e. The second-order valence-electron chi connectivity index (χ2n) is 6.37. The SMILES string of the molecule is C=C(NCCCNCCC)C(C)(c1ccccc1)c1ccccc1. The van der Waals surface area contributed by atoms with Crippen LogP contribution in [0.3, 0.4) is 0 Å². The van der Waals surface area contributed by atoms with E-state index in [-0.39, 0.29) is 5.41 Å². The summed E-state index contributed by atoms with van der Waals surface area (Å²) in [6.45, 7) is 11.9. The van der Waals surface area contributed by atoms with Crippen molar-refractivity contribution in [3.05, 3.63) is 84.1 Å². The molecule has 0 fully saturated rings. The van der Waals surface area contributed by atoms with Gasteiger partial charge in [-0.1, -0.05) is 74.2 Å². The summed E-state index contributed by atoms with van der Waals surface area (Å²) >= 11 is 0. The van der Waals surface area contributed by atoms with Crippen molar-refractivity contribution in [3.8, 4) is 0 Å². The Morgan fingerprint density at radius 2 is 1.42 bits per heavy atom. The molecule has 2 aromatic carbocycles. The zero-order valence-electron chi connectivity index (χ0n) is 15.0. The standard InChI is InChI=1S/C22H30N2/c1-4-16-23-17-11-18-24-19(2)22(3,20-12-7-5-8-13-20)21-14-9-6-10-15-21/h5-10,12-15,23-24H,2,4,11,16-18H2,1,3H3. The van der Waals surface area contributed by atoms with Gasteiger partial charge in [0, 0.05) is 12.2 Å². The maximum atomic E-state index is 4.38. The van der Waals surface area contributed by atoms with Crippen LogP contribution in [0, 0.1) is 0 Å². The molecule has 128 valence electrons. The molecule has 0 aliphatic rings. The lowest BCUT2D eigenvalue weighted by molar-refractivity contribution is 0.568. The summed E-state index contributed by atoms with van der Waals surface area (Å²) in [5.74, 6) is 0. The van der Waals surface area contributed by atoms with E-state index in [2.05, 4.69) is 91.7 Å². The Bertz CT molecular complexity index is 565. The van der Waals surface area contributed by atoms with Crippen LogP contribution in [-0.2, 0) is 5.41 Å². The van der Waals surface area contributed by atoms with Gasteiger partial charge >= 0.3 is 0 Å². The zero-order chi connectivity index (χ0) is 17.3. The third-order valence-electron chi connectivity index (χ3n) is 4.60. The summed E-state index contributed by atoms with van der Waals surface area (Å²) in [6, 6.07) is 21.2. The van der Waals surface area contributed by atoms with Crippen molar-refractivity contribution in [1.29, 1.82) is 0 Å². The second kappa shape index (κ2) is 9.29. The molecule has 0 heterocycles. The summed E-state index contributed by atoms with van der Waals surface area (Å²) in [5, 5.41) is 7.00. The molecule has 0 saturated heterocycles. The smallest absolute Gasteiger partial charge is 0.0564 e. The Balaban J connectivity index is 2.11. The van der Waals surface area contributed by atoms with Gasteiger partial charge in [-0.05, 0) is 44.0 Å². The van der Waals surface area contributed by atoms with Crippen molar-refractivity contribution in [3.63, 3.8) is 0 Å². The number of benzene rings is 2. The lowest BCUT2D eigenvalue weighted by Gasteiger charge is -2.34. The molecule has 2 N–H and O–H groups in total. The average Bonchev–Trinajstić information content (AvgIpc) is 2.65. The van der Waals surface area contributed by atoms with Crippen LogP contribution in [0.2, 0.25) is 0 Å². The van der Waals surface area contributed by atoms with Crippen molar-refractivity contribution in [2.24, 2.45) is 0 Å². The van der Waals surface area contributed by atoms with Crippen LogP contribution >= 0.6 is 0 Å². The van der Waals surface area contributed by atoms with E-state index in [0.717, 1.165) is 31.8 Å². The fourth-order valence-corrected chi connectivity index (χ4v) is 2.99. The van der Waals surface area contributed by atoms with E-state index < -0.39 is 0 Å². The van der Waals surface area contributed by atoms with E-state index in [9.17, 15) is 0 Å². The average molecular weight is 322 g/mol. The van der Waals surface area contributed by atoms with E-state index in [0.29, 0.717) is 0 Å². The molecular weight excluding hydrogens is 292 g/mol. The summed E-state index contributed by atoms with van der Waals surface area (Å²) in [7, 11) is 0. The van der Waals surface area contributed by atoms with Crippen LogP contribution in [0.1, 0.15) is 37.8 Å². The van der Waals surface area contributed by atoms with Crippen LogP contribution in [0.4, 0.5) is 0 Å². The van der Waals surface area contributed by atoms with Crippen LogP contribution < -0.4 is 10.6 Å². The van der Waals surface area contributed by atoms with Crippen LogP contribution in [0.15, 0.2) is 72.9 Å². The lowest BCUT2D eigenvalue weighted by atomic mass is 9.74. The first-order chi connectivity index (χ1) is 11.7. The molecule has 2 heteroatoms. The normalized spacial score (nSPS) is 11.2.